The molecule has 0 bridgehead atoms. The van der Waals surface area contributed by atoms with Crippen LogP contribution in [0.5, 0.6) is 0 Å². The molecule has 3 aromatic rings. The lowest BCUT2D eigenvalue weighted by Gasteiger charge is -2.20. The van der Waals surface area contributed by atoms with Crippen molar-refractivity contribution in [3.63, 3.8) is 0 Å². The van der Waals surface area contributed by atoms with Crippen LogP contribution in [-0.4, -0.2) is 23.5 Å². The quantitative estimate of drug-likeness (QED) is 0.604. The second-order valence-corrected chi connectivity index (χ2v) is 11.1. The number of rotatable bonds is 5. The highest BCUT2D eigenvalue weighted by molar-refractivity contribution is 7.89. The highest BCUT2D eigenvalue weighted by Gasteiger charge is 2.28. The van der Waals surface area contributed by atoms with Gasteiger partial charge in [0.25, 0.3) is 0 Å². The van der Waals surface area contributed by atoms with Crippen LogP contribution < -0.4 is 4.72 Å². The van der Waals surface area contributed by atoms with Gasteiger partial charge in [0.2, 0.25) is 10.0 Å². The molecule has 1 saturated carbocycles. The van der Waals surface area contributed by atoms with Gasteiger partial charge in [-0.3, -0.25) is 4.57 Å². The molecule has 5 rings (SSSR count). The number of hydrogen-bond acceptors (Lipinski definition) is 4. The summed E-state index contributed by atoms with van der Waals surface area (Å²) in [6.07, 6.45) is 10.1. The monoisotopic (exact) mass is 444 g/mol. The fraction of sp³-hybridized carbons (Fsp3) is 0.280. The van der Waals surface area contributed by atoms with Crippen molar-refractivity contribution in [2.45, 2.75) is 50.0 Å². The number of nitrogens with zero attached hydrogens (tertiary/aromatic N) is 3. The normalized spacial score (nSPS) is 16.0. The molecule has 2 aliphatic rings. The van der Waals surface area contributed by atoms with E-state index in [1.807, 2.05) is 29.0 Å². The molecule has 0 radical (unpaired) electrons. The predicted molar refractivity (Wildman–Crippen MR) is 125 cm³/mol. The van der Waals surface area contributed by atoms with Crippen molar-refractivity contribution in [2.75, 3.05) is 0 Å². The average Bonchev–Trinajstić information content (AvgIpc) is 3.48. The SMILES string of the molecule is CC(C)(C)NS(=O)(=O)c1ccc(-c2c(C#N)c3cc(C4CC4)cnc3n2C2=CC=C2)cc1. The van der Waals surface area contributed by atoms with E-state index in [2.05, 4.69) is 16.9 Å². The van der Waals surface area contributed by atoms with E-state index >= 15 is 0 Å². The third-order valence-electron chi connectivity index (χ3n) is 5.66. The minimum absolute atomic E-state index is 0.189. The van der Waals surface area contributed by atoms with E-state index in [4.69, 9.17) is 4.98 Å². The first-order valence-corrected chi connectivity index (χ1v) is 12.1. The Bertz CT molecular complexity index is 1440. The largest absolute Gasteiger partial charge is 0.293 e. The van der Waals surface area contributed by atoms with E-state index in [-0.39, 0.29) is 4.90 Å². The van der Waals surface area contributed by atoms with E-state index in [9.17, 15) is 13.7 Å². The summed E-state index contributed by atoms with van der Waals surface area (Å²) < 4.78 is 30.1. The highest BCUT2D eigenvalue weighted by atomic mass is 32.2. The standard InChI is InChI=1S/C25H24N4O2S/c1-25(2,3)28-32(30,31)20-11-9-17(10-12-20)23-22(14-26)21-13-18(16-7-8-16)15-27-24(21)29(23)19-5-4-6-19/h4-6,9-13,15-16,28H,7-8H2,1-3H3. The molecular weight excluding hydrogens is 420 g/mol. The molecule has 2 heterocycles. The maximum absolute atomic E-state index is 12.7. The maximum atomic E-state index is 12.7. The van der Waals surface area contributed by atoms with E-state index in [0.29, 0.717) is 11.5 Å². The number of nitrogens with one attached hydrogen (secondary N) is 1. The number of benzene rings is 1. The van der Waals surface area contributed by atoms with Crippen molar-refractivity contribution >= 4 is 26.8 Å². The first-order chi connectivity index (χ1) is 15.2. The summed E-state index contributed by atoms with van der Waals surface area (Å²) in [5.74, 6) is 0.535. The molecule has 0 unspecified atom stereocenters. The summed E-state index contributed by atoms with van der Waals surface area (Å²) in [7, 11) is -3.64. The van der Waals surface area contributed by atoms with Crippen molar-refractivity contribution in [3.8, 4) is 17.3 Å². The number of pyridine rings is 1. The molecule has 0 aliphatic heterocycles. The molecule has 162 valence electrons. The fourth-order valence-electron chi connectivity index (χ4n) is 4.04. The minimum atomic E-state index is -3.64. The molecule has 1 N–H and O–H groups in total. The van der Waals surface area contributed by atoms with Crippen LogP contribution in [0, 0.1) is 11.3 Å². The number of fused-ring (bicyclic) bond motifs is 1. The van der Waals surface area contributed by atoms with Crippen molar-refractivity contribution < 1.29 is 8.42 Å². The Hall–Kier alpha value is -3.21. The van der Waals surface area contributed by atoms with Crippen molar-refractivity contribution in [2.24, 2.45) is 0 Å². The van der Waals surface area contributed by atoms with Gasteiger partial charge in [-0.05, 0) is 75.4 Å². The summed E-state index contributed by atoms with van der Waals surface area (Å²) in [4.78, 5) is 4.92. The van der Waals surface area contributed by atoms with Gasteiger partial charge in [0.15, 0.2) is 0 Å². The molecular formula is C25H24N4O2S. The molecule has 1 fully saturated rings. The Morgan fingerprint density at radius 1 is 1.19 bits per heavy atom. The van der Waals surface area contributed by atoms with Crippen LogP contribution >= 0.6 is 0 Å². The van der Waals surface area contributed by atoms with Gasteiger partial charge < -0.3 is 0 Å². The van der Waals surface area contributed by atoms with Gasteiger partial charge in [-0.25, -0.2) is 18.1 Å². The summed E-state index contributed by atoms with van der Waals surface area (Å²) in [5.41, 5.74) is 4.33. The van der Waals surface area contributed by atoms with Gasteiger partial charge in [0.05, 0.1) is 16.2 Å². The molecule has 0 spiro atoms. The molecule has 7 heteroatoms. The molecule has 1 aromatic carbocycles. The van der Waals surface area contributed by atoms with Gasteiger partial charge in [0.1, 0.15) is 11.7 Å². The molecule has 2 aliphatic carbocycles. The first-order valence-electron chi connectivity index (χ1n) is 10.7. The molecule has 6 nitrogen and oxygen atoms in total. The second kappa shape index (κ2) is 7.16. The zero-order valence-corrected chi connectivity index (χ0v) is 19.1. The molecule has 2 aromatic heterocycles. The first kappa shape index (κ1) is 20.7. The Morgan fingerprint density at radius 2 is 1.88 bits per heavy atom. The summed E-state index contributed by atoms with van der Waals surface area (Å²) in [5, 5.41) is 10.9. The van der Waals surface area contributed by atoms with Gasteiger partial charge >= 0.3 is 0 Å². The van der Waals surface area contributed by atoms with Gasteiger partial charge in [-0.2, -0.15) is 5.26 Å². The number of hydrogen-bond donors (Lipinski definition) is 1. The average molecular weight is 445 g/mol. The van der Waals surface area contributed by atoms with E-state index in [1.54, 1.807) is 45.0 Å². The van der Waals surface area contributed by atoms with E-state index < -0.39 is 15.6 Å². The van der Waals surface area contributed by atoms with Crippen molar-refractivity contribution in [3.05, 3.63) is 65.9 Å². The zero-order chi connectivity index (χ0) is 22.7. The Labute approximate surface area is 188 Å². The molecule has 0 amide bonds. The fourth-order valence-corrected chi connectivity index (χ4v) is 5.46. The number of sulfonamides is 1. The molecule has 32 heavy (non-hydrogen) atoms. The Kier molecular flexibility index (Phi) is 4.63. The Morgan fingerprint density at radius 3 is 2.41 bits per heavy atom. The highest BCUT2D eigenvalue weighted by Crippen LogP contribution is 2.43. The lowest BCUT2D eigenvalue weighted by molar-refractivity contribution is 0.491. The van der Waals surface area contributed by atoms with Crippen LogP contribution in [0.25, 0.3) is 28.0 Å². The second-order valence-electron chi connectivity index (χ2n) is 9.42. The topological polar surface area (TPSA) is 87.8 Å². The summed E-state index contributed by atoms with van der Waals surface area (Å²) >= 11 is 0. The third-order valence-corrected chi connectivity index (χ3v) is 7.43. The predicted octanol–water partition coefficient (Wildman–Crippen LogP) is 4.94. The van der Waals surface area contributed by atoms with Gasteiger partial charge in [-0.1, -0.05) is 18.2 Å². The Balaban J connectivity index is 1.66. The van der Waals surface area contributed by atoms with Crippen LogP contribution in [0.4, 0.5) is 0 Å². The zero-order valence-electron chi connectivity index (χ0n) is 18.3. The minimum Gasteiger partial charge on any atom is -0.293 e. The smallest absolute Gasteiger partial charge is 0.241 e. The lowest BCUT2D eigenvalue weighted by atomic mass is 10.0. The summed E-state index contributed by atoms with van der Waals surface area (Å²) in [6, 6.07) is 11.2. The lowest BCUT2D eigenvalue weighted by Crippen LogP contribution is -2.40. The van der Waals surface area contributed by atoms with Gasteiger partial charge in [-0.15, -0.1) is 0 Å². The van der Waals surface area contributed by atoms with Crippen LogP contribution in [0.1, 0.15) is 50.7 Å². The van der Waals surface area contributed by atoms with Crippen LogP contribution in [-0.2, 0) is 10.0 Å². The van der Waals surface area contributed by atoms with E-state index in [0.717, 1.165) is 40.8 Å². The van der Waals surface area contributed by atoms with E-state index in [1.165, 1.54) is 5.56 Å². The van der Waals surface area contributed by atoms with Crippen LogP contribution in [0.3, 0.4) is 0 Å². The van der Waals surface area contributed by atoms with Gasteiger partial charge in [0, 0.05) is 28.4 Å². The maximum Gasteiger partial charge on any atom is 0.241 e. The number of aromatic nitrogens is 2. The number of nitriles is 1. The summed E-state index contributed by atoms with van der Waals surface area (Å²) in [6.45, 7) is 5.41. The molecule has 0 atom stereocenters. The number of allylic oxidation sites excluding steroid dienone is 4. The van der Waals surface area contributed by atoms with Crippen molar-refractivity contribution in [1.29, 1.82) is 5.26 Å². The van der Waals surface area contributed by atoms with Crippen LogP contribution in [0.2, 0.25) is 0 Å². The third kappa shape index (κ3) is 3.56. The van der Waals surface area contributed by atoms with Crippen molar-refractivity contribution in [1.82, 2.24) is 14.3 Å². The van der Waals surface area contributed by atoms with Crippen LogP contribution in [0.15, 0.2) is 59.7 Å². The molecule has 0 saturated heterocycles.